The van der Waals surface area contributed by atoms with Crippen LogP contribution in [0, 0.1) is 18.8 Å². The minimum Gasteiger partial charge on any atom is -0.388 e. The third-order valence-corrected chi connectivity index (χ3v) is 5.07. The third-order valence-electron chi connectivity index (χ3n) is 5.07. The van der Waals surface area contributed by atoms with Crippen LogP contribution in [0.4, 0.5) is 11.5 Å². The number of aromatic nitrogens is 4. The van der Waals surface area contributed by atoms with Crippen LogP contribution in [-0.4, -0.2) is 51.8 Å². The van der Waals surface area contributed by atoms with Crippen molar-refractivity contribution in [3.8, 4) is 11.8 Å². The minimum absolute atomic E-state index is 0.275. The van der Waals surface area contributed by atoms with Crippen molar-refractivity contribution in [3.05, 3.63) is 41.3 Å². The quantitative estimate of drug-likeness (QED) is 0.680. The van der Waals surface area contributed by atoms with Gasteiger partial charge in [0.25, 0.3) is 0 Å². The summed E-state index contributed by atoms with van der Waals surface area (Å²) >= 11 is 0. The van der Waals surface area contributed by atoms with Crippen LogP contribution in [0.3, 0.4) is 0 Å². The zero-order chi connectivity index (χ0) is 19.0. The molecule has 7 heteroatoms. The molecule has 0 aliphatic carbocycles. The summed E-state index contributed by atoms with van der Waals surface area (Å²) in [7, 11) is 4.01. The Morgan fingerprint density at radius 1 is 1.26 bits per heavy atom. The van der Waals surface area contributed by atoms with Crippen molar-refractivity contribution in [2.45, 2.75) is 19.4 Å². The molecular formula is C20H23N7. The molecule has 0 radical (unpaired) electrons. The van der Waals surface area contributed by atoms with E-state index in [2.05, 4.69) is 45.1 Å². The number of nitrogens with one attached hydrogen (secondary N) is 1. The second kappa shape index (κ2) is 6.89. The number of likely N-dealkylation sites (tertiary alicyclic amines) is 1. The Kier molecular flexibility index (Phi) is 4.42. The Bertz CT molecular complexity index is 1060. The zero-order valence-corrected chi connectivity index (χ0v) is 15.8. The molecule has 3 heterocycles. The molecule has 3 aromatic rings. The zero-order valence-electron chi connectivity index (χ0n) is 15.8. The van der Waals surface area contributed by atoms with E-state index < -0.39 is 0 Å². The summed E-state index contributed by atoms with van der Waals surface area (Å²) < 4.78 is 1.97. The molecule has 0 bridgehead atoms. The lowest BCUT2D eigenvalue weighted by Gasteiger charge is -2.11. The normalized spacial score (nSPS) is 17.1. The Morgan fingerprint density at radius 2 is 2.11 bits per heavy atom. The molecular weight excluding hydrogens is 338 g/mol. The van der Waals surface area contributed by atoms with Gasteiger partial charge in [-0.25, -0.2) is 14.6 Å². The van der Waals surface area contributed by atoms with Gasteiger partial charge in [0, 0.05) is 31.4 Å². The summed E-state index contributed by atoms with van der Waals surface area (Å²) in [6.45, 7) is 4.03. The van der Waals surface area contributed by atoms with Gasteiger partial charge in [-0.3, -0.25) is 0 Å². The molecule has 138 valence electrons. The standard InChI is InChI=1S/C20H23N7/c1-13-4-6-15(22-2)10-14(13)5-7-17-18-19(21)23-12-24-20(18)27(25-17)16-8-9-26(3)11-16/h4,6,10,12,16,22H,8-9,11H2,1-3H3,(H2,21,23,24)/t16-/m1/s1. The van der Waals surface area contributed by atoms with E-state index in [0.717, 1.165) is 47.4 Å². The molecule has 0 saturated carbocycles. The van der Waals surface area contributed by atoms with E-state index in [4.69, 9.17) is 10.8 Å². The van der Waals surface area contributed by atoms with Crippen molar-refractivity contribution < 1.29 is 0 Å². The molecule has 1 aliphatic heterocycles. The Labute approximate surface area is 158 Å². The number of benzene rings is 1. The molecule has 1 aliphatic rings. The third kappa shape index (κ3) is 3.20. The van der Waals surface area contributed by atoms with Gasteiger partial charge < -0.3 is 16.0 Å². The van der Waals surface area contributed by atoms with E-state index >= 15 is 0 Å². The monoisotopic (exact) mass is 361 g/mol. The summed E-state index contributed by atoms with van der Waals surface area (Å²) in [6, 6.07) is 6.40. The number of hydrogen-bond acceptors (Lipinski definition) is 6. The van der Waals surface area contributed by atoms with Crippen LogP contribution in [0.2, 0.25) is 0 Å². The van der Waals surface area contributed by atoms with E-state index in [1.165, 1.54) is 6.33 Å². The van der Waals surface area contributed by atoms with Gasteiger partial charge in [-0.1, -0.05) is 12.0 Å². The van der Waals surface area contributed by atoms with Gasteiger partial charge in [-0.2, -0.15) is 5.10 Å². The molecule has 4 rings (SSSR count). The molecule has 0 amide bonds. The number of hydrogen-bond donors (Lipinski definition) is 2. The number of anilines is 2. The highest BCUT2D eigenvalue weighted by molar-refractivity contribution is 5.90. The van der Waals surface area contributed by atoms with Crippen molar-refractivity contribution in [2.24, 2.45) is 0 Å². The van der Waals surface area contributed by atoms with E-state index in [1.54, 1.807) is 0 Å². The summed E-state index contributed by atoms with van der Waals surface area (Å²) in [4.78, 5) is 10.9. The molecule has 3 N–H and O–H groups in total. The van der Waals surface area contributed by atoms with E-state index in [-0.39, 0.29) is 6.04 Å². The molecule has 1 saturated heterocycles. The van der Waals surface area contributed by atoms with Gasteiger partial charge in [-0.15, -0.1) is 0 Å². The second-order valence-electron chi connectivity index (χ2n) is 6.99. The summed E-state index contributed by atoms with van der Waals surface area (Å²) in [5.41, 5.74) is 10.6. The number of nitrogen functional groups attached to an aromatic ring is 1. The molecule has 1 aromatic carbocycles. The molecule has 27 heavy (non-hydrogen) atoms. The summed E-state index contributed by atoms with van der Waals surface area (Å²) in [5.74, 6) is 6.88. The maximum atomic E-state index is 6.15. The average molecular weight is 361 g/mol. The number of likely N-dealkylation sites (N-methyl/N-ethyl adjacent to an activating group) is 1. The van der Waals surface area contributed by atoms with Crippen molar-refractivity contribution in [1.82, 2.24) is 24.6 Å². The number of aryl methyl sites for hydroxylation is 1. The van der Waals surface area contributed by atoms with Crippen LogP contribution in [-0.2, 0) is 0 Å². The predicted molar refractivity (Wildman–Crippen MR) is 108 cm³/mol. The first kappa shape index (κ1) is 17.3. The lowest BCUT2D eigenvalue weighted by Crippen LogP contribution is -2.17. The van der Waals surface area contributed by atoms with Crippen LogP contribution in [0.5, 0.6) is 0 Å². The highest BCUT2D eigenvalue weighted by Crippen LogP contribution is 2.27. The van der Waals surface area contributed by atoms with Crippen LogP contribution in [0.25, 0.3) is 11.0 Å². The molecule has 7 nitrogen and oxygen atoms in total. The molecule has 2 aromatic heterocycles. The summed E-state index contributed by atoms with van der Waals surface area (Å²) in [5, 5.41) is 8.65. The van der Waals surface area contributed by atoms with Gasteiger partial charge in [0.1, 0.15) is 17.8 Å². The first-order chi connectivity index (χ1) is 13.1. The smallest absolute Gasteiger partial charge is 0.164 e. The highest BCUT2D eigenvalue weighted by atomic mass is 15.4. The maximum Gasteiger partial charge on any atom is 0.164 e. The Balaban J connectivity index is 1.82. The topological polar surface area (TPSA) is 84.9 Å². The highest BCUT2D eigenvalue weighted by Gasteiger charge is 2.25. The number of nitrogens with two attached hydrogens (primary N) is 1. The van der Waals surface area contributed by atoms with Gasteiger partial charge in [-0.05, 0) is 44.0 Å². The molecule has 1 fully saturated rings. The largest absolute Gasteiger partial charge is 0.388 e. The van der Waals surface area contributed by atoms with Gasteiger partial charge in [0.05, 0.1) is 11.4 Å². The van der Waals surface area contributed by atoms with Crippen molar-refractivity contribution in [3.63, 3.8) is 0 Å². The van der Waals surface area contributed by atoms with Gasteiger partial charge >= 0.3 is 0 Å². The lowest BCUT2D eigenvalue weighted by molar-refractivity contribution is 0.385. The first-order valence-corrected chi connectivity index (χ1v) is 9.04. The number of fused-ring (bicyclic) bond motifs is 1. The predicted octanol–water partition coefficient (Wildman–Crippen LogP) is 2.04. The van der Waals surface area contributed by atoms with Gasteiger partial charge in [0.15, 0.2) is 5.65 Å². The average Bonchev–Trinajstić information content (AvgIpc) is 3.25. The van der Waals surface area contributed by atoms with Crippen LogP contribution in [0.1, 0.15) is 29.3 Å². The minimum atomic E-state index is 0.275. The first-order valence-electron chi connectivity index (χ1n) is 9.04. The van der Waals surface area contributed by atoms with E-state index in [0.29, 0.717) is 11.5 Å². The Hall–Kier alpha value is -3.11. The fraction of sp³-hybridized carbons (Fsp3) is 0.350. The molecule has 0 unspecified atom stereocenters. The Morgan fingerprint density at radius 3 is 2.85 bits per heavy atom. The van der Waals surface area contributed by atoms with Crippen LogP contribution >= 0.6 is 0 Å². The second-order valence-corrected chi connectivity index (χ2v) is 6.99. The van der Waals surface area contributed by atoms with Crippen molar-refractivity contribution >= 4 is 22.5 Å². The fourth-order valence-electron chi connectivity index (χ4n) is 3.49. The van der Waals surface area contributed by atoms with Gasteiger partial charge in [0.2, 0.25) is 0 Å². The van der Waals surface area contributed by atoms with Crippen LogP contribution in [0.15, 0.2) is 24.5 Å². The van der Waals surface area contributed by atoms with E-state index in [9.17, 15) is 0 Å². The maximum absolute atomic E-state index is 6.15. The summed E-state index contributed by atoms with van der Waals surface area (Å²) in [6.07, 6.45) is 2.53. The molecule has 0 spiro atoms. The van der Waals surface area contributed by atoms with E-state index in [1.807, 2.05) is 30.8 Å². The fourth-order valence-corrected chi connectivity index (χ4v) is 3.49. The molecule has 1 atom stereocenters. The number of rotatable bonds is 2. The lowest BCUT2D eigenvalue weighted by atomic mass is 10.1. The number of nitrogens with zero attached hydrogens (tertiary/aromatic N) is 5. The SMILES string of the molecule is CNc1ccc(C)c(C#Cc2nn([C@@H]3CCN(C)C3)c3ncnc(N)c23)c1. The van der Waals surface area contributed by atoms with Crippen molar-refractivity contribution in [2.75, 3.05) is 38.2 Å². The van der Waals surface area contributed by atoms with Crippen LogP contribution < -0.4 is 11.1 Å². The van der Waals surface area contributed by atoms with Crippen molar-refractivity contribution in [1.29, 1.82) is 0 Å².